The van der Waals surface area contributed by atoms with E-state index < -0.39 is 12.0 Å². The summed E-state index contributed by atoms with van der Waals surface area (Å²) in [5.41, 5.74) is 0. The van der Waals surface area contributed by atoms with Gasteiger partial charge in [-0.05, 0) is 13.3 Å². The molecule has 12 heavy (non-hydrogen) atoms. The average molecular weight is 175 g/mol. The Hall–Kier alpha value is -0.610. The summed E-state index contributed by atoms with van der Waals surface area (Å²) in [5, 5.41) is 11.2. The first kappa shape index (κ1) is 11.4. The zero-order chi connectivity index (χ0) is 9.40. The monoisotopic (exact) mass is 175 g/mol. The first-order chi connectivity index (χ1) is 5.68. The molecule has 0 rings (SSSR count). The molecule has 0 aliphatic heterocycles. The highest BCUT2D eigenvalue weighted by Gasteiger charge is 2.07. The molecular weight excluding hydrogens is 158 g/mol. The van der Waals surface area contributed by atoms with Crippen LogP contribution in [0, 0.1) is 0 Å². The van der Waals surface area contributed by atoms with Crippen molar-refractivity contribution in [3.8, 4) is 0 Å². The highest BCUT2D eigenvalue weighted by atomic mass is 16.5. The van der Waals surface area contributed by atoms with Crippen molar-refractivity contribution in [2.45, 2.75) is 32.7 Å². The molecule has 0 saturated heterocycles. The standard InChI is InChI=1S/C8H17NO3/c1-3-4-5-12-6-9-7(2)8(10)11/h7,9H,3-6H2,1-2H3,(H,10,11). The maximum absolute atomic E-state index is 10.3. The molecule has 72 valence electrons. The lowest BCUT2D eigenvalue weighted by molar-refractivity contribution is -0.139. The summed E-state index contributed by atoms with van der Waals surface area (Å²) in [5.74, 6) is -0.853. The van der Waals surface area contributed by atoms with Crippen molar-refractivity contribution in [1.82, 2.24) is 5.32 Å². The number of carbonyl (C=O) groups is 1. The zero-order valence-corrected chi connectivity index (χ0v) is 7.67. The van der Waals surface area contributed by atoms with Crippen LogP contribution >= 0.6 is 0 Å². The highest BCUT2D eigenvalue weighted by Crippen LogP contribution is 1.87. The fourth-order valence-corrected chi connectivity index (χ4v) is 0.590. The maximum Gasteiger partial charge on any atom is 0.320 e. The topological polar surface area (TPSA) is 58.6 Å². The number of carboxylic acid groups (broad SMARTS) is 1. The Kier molecular flexibility index (Phi) is 6.70. The first-order valence-corrected chi connectivity index (χ1v) is 4.22. The molecule has 0 aromatic carbocycles. The normalized spacial score (nSPS) is 12.8. The molecule has 0 aromatic heterocycles. The number of carboxylic acids is 1. The molecule has 0 spiro atoms. The Balaban J connectivity index is 3.14. The summed E-state index contributed by atoms with van der Waals surface area (Å²) >= 11 is 0. The number of ether oxygens (including phenoxy) is 1. The van der Waals surface area contributed by atoms with Crippen LogP contribution in [0.25, 0.3) is 0 Å². The Morgan fingerprint density at radius 2 is 2.33 bits per heavy atom. The summed E-state index contributed by atoms with van der Waals surface area (Å²) < 4.78 is 5.12. The van der Waals surface area contributed by atoms with Crippen LogP contribution in [0.5, 0.6) is 0 Å². The summed E-state index contributed by atoms with van der Waals surface area (Å²) in [7, 11) is 0. The van der Waals surface area contributed by atoms with Crippen LogP contribution in [0.15, 0.2) is 0 Å². The molecule has 4 nitrogen and oxygen atoms in total. The van der Waals surface area contributed by atoms with Gasteiger partial charge in [-0.2, -0.15) is 0 Å². The summed E-state index contributed by atoms with van der Waals surface area (Å²) in [6.07, 6.45) is 2.11. The number of aliphatic carboxylic acids is 1. The Labute approximate surface area is 72.9 Å². The number of rotatable bonds is 7. The molecule has 0 saturated carbocycles. The molecule has 0 amide bonds. The molecule has 0 aromatic rings. The maximum atomic E-state index is 10.3. The second-order valence-corrected chi connectivity index (χ2v) is 2.67. The molecule has 0 aliphatic rings. The van der Waals surface area contributed by atoms with Crippen molar-refractivity contribution in [1.29, 1.82) is 0 Å². The van der Waals surface area contributed by atoms with Gasteiger partial charge < -0.3 is 9.84 Å². The van der Waals surface area contributed by atoms with Gasteiger partial charge in [0.1, 0.15) is 6.04 Å². The number of unbranched alkanes of at least 4 members (excludes halogenated alkanes) is 1. The summed E-state index contributed by atoms with van der Waals surface area (Å²) in [4.78, 5) is 10.3. The fraction of sp³-hybridized carbons (Fsp3) is 0.875. The van der Waals surface area contributed by atoms with Crippen LogP contribution in [0.3, 0.4) is 0 Å². The van der Waals surface area contributed by atoms with Gasteiger partial charge in [0.05, 0.1) is 6.73 Å². The first-order valence-electron chi connectivity index (χ1n) is 4.22. The van der Waals surface area contributed by atoms with Gasteiger partial charge in [0.2, 0.25) is 0 Å². The van der Waals surface area contributed by atoms with Gasteiger partial charge in [-0.25, -0.2) is 0 Å². The van der Waals surface area contributed by atoms with Gasteiger partial charge >= 0.3 is 5.97 Å². The minimum absolute atomic E-state index is 0.313. The second kappa shape index (κ2) is 7.06. The predicted octanol–water partition coefficient (Wildman–Crippen LogP) is 0.823. The van der Waals surface area contributed by atoms with E-state index in [-0.39, 0.29) is 0 Å². The fourth-order valence-electron chi connectivity index (χ4n) is 0.590. The summed E-state index contributed by atoms with van der Waals surface area (Å²) in [6.45, 7) is 4.67. The number of nitrogens with one attached hydrogen (secondary N) is 1. The smallest absolute Gasteiger partial charge is 0.320 e. The second-order valence-electron chi connectivity index (χ2n) is 2.67. The number of hydrogen-bond donors (Lipinski definition) is 2. The highest BCUT2D eigenvalue weighted by molar-refractivity contribution is 5.72. The van der Waals surface area contributed by atoms with Crippen molar-refractivity contribution in [2.24, 2.45) is 0 Å². The largest absolute Gasteiger partial charge is 0.480 e. The molecule has 1 atom stereocenters. The van der Waals surface area contributed by atoms with E-state index in [1.807, 2.05) is 0 Å². The molecule has 0 heterocycles. The predicted molar refractivity (Wildman–Crippen MR) is 46.0 cm³/mol. The van der Waals surface area contributed by atoms with Crippen molar-refractivity contribution in [3.05, 3.63) is 0 Å². The Bertz CT molecular complexity index is 127. The van der Waals surface area contributed by atoms with Gasteiger partial charge in [-0.3, -0.25) is 10.1 Å². The number of hydrogen-bond acceptors (Lipinski definition) is 3. The SMILES string of the molecule is CCCCOCNC(C)C(=O)O. The molecule has 0 fully saturated rings. The Morgan fingerprint density at radius 1 is 1.67 bits per heavy atom. The third-order valence-electron chi connectivity index (χ3n) is 1.50. The quantitative estimate of drug-likeness (QED) is 0.444. The lowest BCUT2D eigenvalue weighted by atomic mass is 10.3. The van der Waals surface area contributed by atoms with Crippen molar-refractivity contribution >= 4 is 5.97 Å². The minimum atomic E-state index is -0.853. The average Bonchev–Trinajstić information content (AvgIpc) is 2.03. The summed E-state index contributed by atoms with van der Waals surface area (Å²) in [6, 6.07) is -0.536. The van der Waals surface area contributed by atoms with Crippen molar-refractivity contribution in [3.63, 3.8) is 0 Å². The van der Waals surface area contributed by atoms with E-state index in [2.05, 4.69) is 12.2 Å². The molecule has 1 unspecified atom stereocenters. The van der Waals surface area contributed by atoms with E-state index in [4.69, 9.17) is 9.84 Å². The van der Waals surface area contributed by atoms with Crippen LogP contribution < -0.4 is 5.32 Å². The Morgan fingerprint density at radius 3 is 2.83 bits per heavy atom. The van der Waals surface area contributed by atoms with Gasteiger partial charge in [0.15, 0.2) is 0 Å². The van der Waals surface area contributed by atoms with Crippen LogP contribution in [0.4, 0.5) is 0 Å². The molecule has 0 aliphatic carbocycles. The third kappa shape index (κ3) is 6.12. The van der Waals surface area contributed by atoms with E-state index in [0.717, 1.165) is 12.8 Å². The van der Waals surface area contributed by atoms with E-state index in [0.29, 0.717) is 13.3 Å². The van der Waals surface area contributed by atoms with Gasteiger partial charge in [-0.1, -0.05) is 13.3 Å². The van der Waals surface area contributed by atoms with E-state index in [9.17, 15) is 4.79 Å². The lowest BCUT2D eigenvalue weighted by Crippen LogP contribution is -2.35. The molecule has 4 heteroatoms. The van der Waals surface area contributed by atoms with Crippen molar-refractivity contribution < 1.29 is 14.6 Å². The third-order valence-corrected chi connectivity index (χ3v) is 1.50. The molecular formula is C8H17NO3. The zero-order valence-electron chi connectivity index (χ0n) is 7.67. The molecule has 0 bridgehead atoms. The van der Waals surface area contributed by atoms with E-state index in [1.54, 1.807) is 6.92 Å². The van der Waals surface area contributed by atoms with Gasteiger partial charge in [-0.15, -0.1) is 0 Å². The van der Waals surface area contributed by atoms with Crippen LogP contribution in [-0.4, -0.2) is 30.5 Å². The molecule has 2 N–H and O–H groups in total. The van der Waals surface area contributed by atoms with Crippen LogP contribution in [-0.2, 0) is 9.53 Å². The van der Waals surface area contributed by atoms with E-state index >= 15 is 0 Å². The van der Waals surface area contributed by atoms with Gasteiger partial charge in [0, 0.05) is 6.61 Å². The minimum Gasteiger partial charge on any atom is -0.480 e. The van der Waals surface area contributed by atoms with E-state index in [1.165, 1.54) is 0 Å². The van der Waals surface area contributed by atoms with Crippen LogP contribution in [0.2, 0.25) is 0 Å². The van der Waals surface area contributed by atoms with Gasteiger partial charge in [0.25, 0.3) is 0 Å². The van der Waals surface area contributed by atoms with Crippen molar-refractivity contribution in [2.75, 3.05) is 13.3 Å². The molecule has 0 radical (unpaired) electrons. The van der Waals surface area contributed by atoms with Crippen LogP contribution in [0.1, 0.15) is 26.7 Å². The lowest BCUT2D eigenvalue weighted by Gasteiger charge is -2.08.